The summed E-state index contributed by atoms with van der Waals surface area (Å²) in [4.78, 5) is 4.71. The number of anilines is 1. The lowest BCUT2D eigenvalue weighted by Crippen LogP contribution is -2.56. The van der Waals surface area contributed by atoms with Crippen LogP contribution in [0.15, 0.2) is 42.5 Å². The summed E-state index contributed by atoms with van der Waals surface area (Å²) in [5, 5.41) is 8.91. The largest absolute Gasteiger partial charge is 0.371 e. The van der Waals surface area contributed by atoms with Crippen LogP contribution >= 0.6 is 0 Å². The molecule has 2 aromatic rings. The molecular weight excluding hydrogens is 300 g/mol. The highest BCUT2D eigenvalue weighted by Gasteiger charge is 2.39. The number of rotatable bonds is 2. The number of nitrogens with zero attached hydrogens (tertiary/aromatic N) is 4. The Kier molecular flexibility index (Phi) is 4.21. The minimum Gasteiger partial charge on any atom is -0.371 e. The molecule has 0 aliphatic carbocycles. The molecule has 2 saturated heterocycles. The summed E-state index contributed by atoms with van der Waals surface area (Å²) >= 11 is 0. The molecule has 0 saturated carbocycles. The molecule has 2 aliphatic rings. The van der Waals surface area contributed by atoms with Gasteiger partial charge in [0.15, 0.2) is 5.82 Å². The second kappa shape index (κ2) is 6.49. The van der Waals surface area contributed by atoms with Gasteiger partial charge in [-0.15, -0.1) is 10.2 Å². The molecule has 4 rings (SSSR count). The smallest absolute Gasteiger partial charge is 0.151 e. The van der Waals surface area contributed by atoms with E-state index in [0.29, 0.717) is 0 Å². The first-order chi connectivity index (χ1) is 11.7. The van der Waals surface area contributed by atoms with Crippen molar-refractivity contribution in [3.05, 3.63) is 42.5 Å². The first-order valence-corrected chi connectivity index (χ1v) is 8.71. The number of morpholine rings is 1. The zero-order chi connectivity index (χ0) is 16.4. The molecule has 5 nitrogen and oxygen atoms in total. The number of aromatic nitrogens is 2. The van der Waals surface area contributed by atoms with Gasteiger partial charge in [-0.2, -0.15) is 0 Å². The van der Waals surface area contributed by atoms with Crippen LogP contribution in [0.2, 0.25) is 0 Å². The van der Waals surface area contributed by atoms with Crippen molar-refractivity contribution >= 4 is 5.82 Å². The number of likely N-dealkylation sites (tertiary alicyclic amines) is 1. The van der Waals surface area contributed by atoms with Gasteiger partial charge in [0.05, 0.1) is 17.9 Å². The predicted octanol–water partition coefficient (Wildman–Crippen LogP) is 2.44. The van der Waals surface area contributed by atoms with Gasteiger partial charge < -0.3 is 14.5 Å². The second-order valence-corrected chi connectivity index (χ2v) is 6.90. The van der Waals surface area contributed by atoms with Crippen molar-refractivity contribution in [3.8, 4) is 11.3 Å². The molecule has 0 amide bonds. The second-order valence-electron chi connectivity index (χ2n) is 6.90. The molecule has 0 N–H and O–H groups in total. The van der Waals surface area contributed by atoms with Gasteiger partial charge in [-0.25, -0.2) is 0 Å². The van der Waals surface area contributed by atoms with E-state index >= 15 is 0 Å². The summed E-state index contributed by atoms with van der Waals surface area (Å²) in [6.45, 7) is 4.78. The van der Waals surface area contributed by atoms with E-state index in [4.69, 9.17) is 4.74 Å². The maximum Gasteiger partial charge on any atom is 0.151 e. The maximum atomic E-state index is 6.18. The Morgan fingerprint density at radius 2 is 1.75 bits per heavy atom. The lowest BCUT2D eigenvalue weighted by molar-refractivity contribution is -0.0885. The van der Waals surface area contributed by atoms with E-state index < -0.39 is 0 Å². The Labute approximate surface area is 143 Å². The Balaban J connectivity index is 1.49. The van der Waals surface area contributed by atoms with Gasteiger partial charge >= 0.3 is 0 Å². The third-order valence-electron chi connectivity index (χ3n) is 5.19. The highest BCUT2D eigenvalue weighted by atomic mass is 16.5. The van der Waals surface area contributed by atoms with E-state index in [1.807, 2.05) is 18.2 Å². The third-order valence-corrected chi connectivity index (χ3v) is 5.19. The van der Waals surface area contributed by atoms with Gasteiger partial charge in [-0.1, -0.05) is 30.3 Å². The average Bonchev–Trinajstić information content (AvgIpc) is 2.66. The van der Waals surface area contributed by atoms with Crippen molar-refractivity contribution in [2.45, 2.75) is 18.4 Å². The number of piperidine rings is 1. The number of benzene rings is 1. The molecule has 0 radical (unpaired) electrons. The summed E-state index contributed by atoms with van der Waals surface area (Å²) < 4.78 is 6.18. The van der Waals surface area contributed by atoms with Crippen LogP contribution in [0.25, 0.3) is 11.3 Å². The van der Waals surface area contributed by atoms with Gasteiger partial charge in [-0.3, -0.25) is 0 Å². The van der Waals surface area contributed by atoms with Gasteiger partial charge in [-0.05, 0) is 32.0 Å². The molecule has 2 aliphatic heterocycles. The highest BCUT2D eigenvalue weighted by molar-refractivity contribution is 5.59. The Bertz CT molecular complexity index is 666. The lowest BCUT2D eigenvalue weighted by atomic mass is 9.89. The van der Waals surface area contributed by atoms with Gasteiger partial charge in [0.2, 0.25) is 0 Å². The van der Waals surface area contributed by atoms with Crippen LogP contribution in [0.1, 0.15) is 12.8 Å². The monoisotopic (exact) mass is 324 g/mol. The van der Waals surface area contributed by atoms with Crippen molar-refractivity contribution in [1.82, 2.24) is 15.1 Å². The van der Waals surface area contributed by atoms with Gasteiger partial charge in [0.25, 0.3) is 0 Å². The fraction of sp³-hybridized carbons (Fsp3) is 0.474. The molecule has 1 spiro atoms. The fourth-order valence-corrected chi connectivity index (χ4v) is 3.63. The lowest BCUT2D eigenvalue weighted by Gasteiger charge is -2.47. The van der Waals surface area contributed by atoms with Crippen molar-refractivity contribution in [3.63, 3.8) is 0 Å². The standard InChI is InChI=1S/C19H24N4O/c1-22-11-9-19(10-12-22)15-23(13-14-24-19)18-8-7-17(20-21-18)16-5-3-2-4-6-16/h2-8H,9-15H2,1H3. The minimum atomic E-state index is -0.00938. The summed E-state index contributed by atoms with van der Waals surface area (Å²) in [5.41, 5.74) is 2.01. The van der Waals surface area contributed by atoms with E-state index in [1.54, 1.807) is 0 Å². The van der Waals surface area contributed by atoms with Crippen molar-refractivity contribution in [1.29, 1.82) is 0 Å². The summed E-state index contributed by atoms with van der Waals surface area (Å²) in [5.74, 6) is 0.955. The number of ether oxygens (including phenoxy) is 1. The van der Waals surface area contributed by atoms with E-state index in [9.17, 15) is 0 Å². The fourth-order valence-electron chi connectivity index (χ4n) is 3.63. The predicted molar refractivity (Wildman–Crippen MR) is 95.1 cm³/mol. The van der Waals surface area contributed by atoms with Crippen LogP contribution in [-0.4, -0.2) is 60.5 Å². The van der Waals surface area contributed by atoms with E-state index in [0.717, 1.165) is 62.7 Å². The van der Waals surface area contributed by atoms with Crippen LogP contribution in [-0.2, 0) is 4.74 Å². The Hall–Kier alpha value is -1.98. The summed E-state index contributed by atoms with van der Waals surface area (Å²) in [7, 11) is 2.18. The molecule has 3 heterocycles. The zero-order valence-electron chi connectivity index (χ0n) is 14.2. The van der Waals surface area contributed by atoms with Crippen LogP contribution < -0.4 is 4.90 Å². The molecule has 1 aromatic carbocycles. The molecule has 0 unspecified atom stereocenters. The van der Waals surface area contributed by atoms with Crippen LogP contribution in [0.5, 0.6) is 0 Å². The Morgan fingerprint density at radius 3 is 2.46 bits per heavy atom. The number of hydrogen-bond donors (Lipinski definition) is 0. The van der Waals surface area contributed by atoms with Gasteiger partial charge in [0.1, 0.15) is 0 Å². The van der Waals surface area contributed by atoms with Crippen LogP contribution in [0, 0.1) is 0 Å². The van der Waals surface area contributed by atoms with E-state index in [2.05, 4.69) is 51.3 Å². The average molecular weight is 324 g/mol. The molecule has 24 heavy (non-hydrogen) atoms. The summed E-state index contributed by atoms with van der Waals surface area (Å²) in [6.07, 6.45) is 2.19. The van der Waals surface area contributed by atoms with Crippen molar-refractivity contribution in [2.24, 2.45) is 0 Å². The third kappa shape index (κ3) is 3.14. The van der Waals surface area contributed by atoms with Crippen molar-refractivity contribution < 1.29 is 4.74 Å². The molecular formula is C19H24N4O. The topological polar surface area (TPSA) is 41.5 Å². The quantitative estimate of drug-likeness (QED) is 0.849. The van der Waals surface area contributed by atoms with E-state index in [-0.39, 0.29) is 5.60 Å². The molecule has 1 aromatic heterocycles. The molecule has 126 valence electrons. The van der Waals surface area contributed by atoms with Gasteiger partial charge in [0, 0.05) is 31.7 Å². The minimum absolute atomic E-state index is 0.00938. The zero-order valence-corrected chi connectivity index (χ0v) is 14.2. The molecule has 0 atom stereocenters. The van der Waals surface area contributed by atoms with Crippen molar-refractivity contribution in [2.75, 3.05) is 44.7 Å². The molecule has 2 fully saturated rings. The maximum absolute atomic E-state index is 6.18. The normalized spacial score (nSPS) is 21.1. The first kappa shape index (κ1) is 15.5. The molecule has 0 bridgehead atoms. The first-order valence-electron chi connectivity index (χ1n) is 8.71. The summed E-state index contributed by atoms with van der Waals surface area (Å²) in [6, 6.07) is 14.3. The number of hydrogen-bond acceptors (Lipinski definition) is 5. The SMILES string of the molecule is CN1CCC2(CC1)CN(c1ccc(-c3ccccc3)nn1)CCO2. The highest BCUT2D eigenvalue weighted by Crippen LogP contribution is 2.31. The van der Waals surface area contributed by atoms with E-state index in [1.165, 1.54) is 0 Å². The Morgan fingerprint density at radius 1 is 0.958 bits per heavy atom. The van der Waals surface area contributed by atoms with Crippen LogP contribution in [0.4, 0.5) is 5.82 Å². The van der Waals surface area contributed by atoms with Crippen LogP contribution in [0.3, 0.4) is 0 Å². The molecule has 5 heteroatoms.